The van der Waals surface area contributed by atoms with E-state index in [2.05, 4.69) is 16.5 Å². The molecule has 2 aliphatic heterocycles. The third-order valence-electron chi connectivity index (χ3n) is 5.40. The average Bonchev–Trinajstić information content (AvgIpc) is 3.16. The maximum Gasteiger partial charge on any atom is 0.254 e. The second kappa shape index (κ2) is 5.83. The Kier molecular flexibility index (Phi) is 3.72. The summed E-state index contributed by atoms with van der Waals surface area (Å²) in [6.45, 7) is 5.02. The molecule has 0 fully saturated rings. The number of fused-ring (bicyclic) bond motifs is 1. The van der Waals surface area contributed by atoms with Gasteiger partial charge in [0.25, 0.3) is 5.91 Å². The predicted octanol–water partition coefficient (Wildman–Crippen LogP) is 2.58. The summed E-state index contributed by atoms with van der Waals surface area (Å²) in [7, 11) is 1.93. The van der Waals surface area contributed by atoms with E-state index in [0.29, 0.717) is 18.7 Å². The molecule has 1 aromatic heterocycles. The fourth-order valence-corrected chi connectivity index (χ4v) is 3.66. The molecule has 0 aliphatic carbocycles. The molecule has 2 aromatic rings. The van der Waals surface area contributed by atoms with Crippen LogP contribution in [-0.4, -0.2) is 39.6 Å². The van der Waals surface area contributed by atoms with Gasteiger partial charge in [0.15, 0.2) is 0 Å². The molecule has 0 saturated carbocycles. The molecule has 1 N–H and O–H groups in total. The first-order valence-corrected chi connectivity index (χ1v) is 8.80. The van der Waals surface area contributed by atoms with Gasteiger partial charge in [-0.2, -0.15) is 5.10 Å². The Morgan fingerprint density at radius 1 is 1.27 bits per heavy atom. The van der Waals surface area contributed by atoms with Crippen molar-refractivity contribution in [3.63, 3.8) is 0 Å². The summed E-state index contributed by atoms with van der Waals surface area (Å²) in [4.78, 5) is 26.9. The number of aryl methyl sites for hydroxylation is 1. The van der Waals surface area contributed by atoms with Crippen LogP contribution in [0.3, 0.4) is 0 Å². The molecule has 4 rings (SSSR count). The van der Waals surface area contributed by atoms with Crippen LogP contribution in [0.4, 0.5) is 5.69 Å². The van der Waals surface area contributed by atoms with Gasteiger partial charge in [-0.1, -0.05) is 6.08 Å². The highest BCUT2D eigenvalue weighted by Crippen LogP contribution is 2.38. The summed E-state index contributed by atoms with van der Waals surface area (Å²) < 4.78 is 1.86. The van der Waals surface area contributed by atoms with E-state index in [1.165, 1.54) is 5.57 Å². The number of hydrogen-bond acceptors (Lipinski definition) is 3. The zero-order valence-electron chi connectivity index (χ0n) is 15.2. The second-order valence-electron chi connectivity index (χ2n) is 7.41. The lowest BCUT2D eigenvalue weighted by Crippen LogP contribution is -2.35. The van der Waals surface area contributed by atoms with Crippen molar-refractivity contribution in [3.05, 3.63) is 53.4 Å². The van der Waals surface area contributed by atoms with Gasteiger partial charge in [0.1, 0.15) is 0 Å². The molecule has 0 saturated heterocycles. The fourth-order valence-electron chi connectivity index (χ4n) is 3.66. The van der Waals surface area contributed by atoms with Crippen LogP contribution >= 0.6 is 0 Å². The Morgan fingerprint density at radius 3 is 2.73 bits per heavy atom. The number of aromatic nitrogens is 2. The van der Waals surface area contributed by atoms with Crippen LogP contribution in [0.1, 0.15) is 41.9 Å². The van der Waals surface area contributed by atoms with Crippen LogP contribution in [0.25, 0.3) is 5.57 Å². The Bertz CT molecular complexity index is 939. The number of hydrogen-bond donors (Lipinski definition) is 1. The molecule has 2 aliphatic rings. The maximum atomic E-state index is 12.9. The Labute approximate surface area is 152 Å². The Hall–Kier alpha value is -2.89. The number of carbonyl (C=O) groups excluding carboxylic acids is 2. The minimum Gasteiger partial charge on any atom is -0.335 e. The van der Waals surface area contributed by atoms with Gasteiger partial charge in [-0.3, -0.25) is 14.3 Å². The van der Waals surface area contributed by atoms with E-state index in [1.54, 1.807) is 12.3 Å². The van der Waals surface area contributed by atoms with Crippen LogP contribution in [0.5, 0.6) is 0 Å². The molecule has 26 heavy (non-hydrogen) atoms. The summed E-state index contributed by atoms with van der Waals surface area (Å²) in [6.07, 6.45) is 4.69. The van der Waals surface area contributed by atoms with Gasteiger partial charge in [-0.05, 0) is 55.7 Å². The van der Waals surface area contributed by atoms with Crippen molar-refractivity contribution in [3.8, 4) is 0 Å². The van der Waals surface area contributed by atoms with Gasteiger partial charge in [0.2, 0.25) is 5.91 Å². The molecule has 3 heterocycles. The topological polar surface area (TPSA) is 67.2 Å². The van der Waals surface area contributed by atoms with Gasteiger partial charge >= 0.3 is 0 Å². The van der Waals surface area contributed by atoms with Crippen LogP contribution in [-0.2, 0) is 17.3 Å². The lowest BCUT2D eigenvalue weighted by molar-refractivity contribution is -0.119. The lowest BCUT2D eigenvalue weighted by atomic mass is 9.85. The number of nitrogens with zero attached hydrogens (tertiary/aromatic N) is 3. The van der Waals surface area contributed by atoms with E-state index in [0.717, 1.165) is 23.4 Å². The highest BCUT2D eigenvalue weighted by atomic mass is 16.2. The number of rotatable bonds is 2. The molecule has 6 heteroatoms. The summed E-state index contributed by atoms with van der Waals surface area (Å²) in [6, 6.07) is 7.48. The van der Waals surface area contributed by atoms with E-state index in [-0.39, 0.29) is 11.8 Å². The average molecular weight is 350 g/mol. The molecule has 0 radical (unpaired) electrons. The Balaban J connectivity index is 1.55. The molecule has 6 nitrogen and oxygen atoms in total. The smallest absolute Gasteiger partial charge is 0.254 e. The van der Waals surface area contributed by atoms with E-state index >= 15 is 0 Å². The number of nitrogens with one attached hydrogen (secondary N) is 1. The van der Waals surface area contributed by atoms with Crippen molar-refractivity contribution in [2.75, 3.05) is 18.4 Å². The van der Waals surface area contributed by atoms with Gasteiger partial charge in [-0.15, -0.1) is 0 Å². The van der Waals surface area contributed by atoms with Crippen LogP contribution in [0.2, 0.25) is 0 Å². The van der Waals surface area contributed by atoms with Crippen LogP contribution < -0.4 is 5.32 Å². The maximum absolute atomic E-state index is 12.9. The summed E-state index contributed by atoms with van der Waals surface area (Å²) in [5.41, 5.74) is 4.02. The molecular weight excluding hydrogens is 328 g/mol. The van der Waals surface area contributed by atoms with Crippen molar-refractivity contribution >= 4 is 23.1 Å². The zero-order valence-corrected chi connectivity index (χ0v) is 15.2. The first-order valence-electron chi connectivity index (χ1n) is 8.80. The first kappa shape index (κ1) is 16.6. The van der Waals surface area contributed by atoms with Crippen molar-refractivity contribution in [2.24, 2.45) is 7.05 Å². The van der Waals surface area contributed by atoms with Gasteiger partial charge in [0, 0.05) is 37.6 Å². The van der Waals surface area contributed by atoms with E-state index < -0.39 is 5.41 Å². The molecule has 2 amide bonds. The minimum atomic E-state index is -0.611. The molecule has 134 valence electrons. The highest BCUT2D eigenvalue weighted by molar-refractivity contribution is 6.07. The lowest BCUT2D eigenvalue weighted by Gasteiger charge is -2.27. The minimum absolute atomic E-state index is 0.00301. The highest BCUT2D eigenvalue weighted by Gasteiger charge is 2.38. The van der Waals surface area contributed by atoms with Crippen molar-refractivity contribution in [1.82, 2.24) is 14.7 Å². The fraction of sp³-hybridized carbons (Fsp3) is 0.350. The van der Waals surface area contributed by atoms with Crippen LogP contribution in [0, 0.1) is 0 Å². The summed E-state index contributed by atoms with van der Waals surface area (Å²) >= 11 is 0. The van der Waals surface area contributed by atoms with Crippen molar-refractivity contribution in [1.29, 1.82) is 0 Å². The van der Waals surface area contributed by atoms with Gasteiger partial charge in [-0.25, -0.2) is 0 Å². The number of carbonyl (C=O) groups is 2. The molecule has 0 unspecified atom stereocenters. The largest absolute Gasteiger partial charge is 0.335 e. The van der Waals surface area contributed by atoms with Crippen LogP contribution in [0.15, 0.2) is 36.5 Å². The molecule has 1 aromatic carbocycles. The SMILES string of the molecule is Cn1nccc1C1=CCN(C(=O)c2ccc3c(c2)C(C)(C)C(=O)N3)CC1. The predicted molar refractivity (Wildman–Crippen MR) is 99.8 cm³/mol. The Morgan fingerprint density at radius 2 is 2.08 bits per heavy atom. The van der Waals surface area contributed by atoms with Crippen molar-refractivity contribution < 1.29 is 9.59 Å². The van der Waals surface area contributed by atoms with E-state index in [4.69, 9.17) is 0 Å². The summed E-state index contributed by atoms with van der Waals surface area (Å²) in [5.74, 6) is -0.0259. The number of amides is 2. The molecule has 0 spiro atoms. The van der Waals surface area contributed by atoms with Gasteiger partial charge in [0.05, 0.1) is 11.1 Å². The van der Waals surface area contributed by atoms with Gasteiger partial charge < -0.3 is 10.2 Å². The van der Waals surface area contributed by atoms with Crippen molar-refractivity contribution in [2.45, 2.75) is 25.7 Å². The summed E-state index contributed by atoms with van der Waals surface area (Å²) in [5, 5.41) is 7.09. The third kappa shape index (κ3) is 2.53. The van der Waals surface area contributed by atoms with E-state index in [1.807, 2.05) is 48.7 Å². The quantitative estimate of drug-likeness (QED) is 0.905. The number of benzene rings is 1. The molecule has 0 bridgehead atoms. The molecule has 0 atom stereocenters. The standard InChI is InChI=1S/C20H22N4O2/c1-20(2)15-12-14(4-5-16(15)22-19(20)26)18(25)24-10-7-13(8-11-24)17-6-9-21-23(17)3/h4-7,9,12H,8,10-11H2,1-3H3,(H,22,26). The van der Waals surface area contributed by atoms with E-state index in [9.17, 15) is 9.59 Å². The zero-order chi connectivity index (χ0) is 18.5. The monoisotopic (exact) mass is 350 g/mol. The third-order valence-corrected chi connectivity index (χ3v) is 5.40. The second-order valence-corrected chi connectivity index (χ2v) is 7.41. The molecular formula is C20H22N4O2. The number of anilines is 1. The first-order chi connectivity index (χ1) is 12.4. The normalized spacial score (nSPS) is 18.3.